The van der Waals surface area contributed by atoms with Gasteiger partial charge in [-0.05, 0) is 6.42 Å². The number of halogens is 2. The predicted octanol–water partition coefficient (Wildman–Crippen LogP) is -1.02. The normalized spacial score (nSPS) is 12.2. The van der Waals surface area contributed by atoms with Crippen molar-refractivity contribution in [3.63, 3.8) is 0 Å². The van der Waals surface area contributed by atoms with Crippen molar-refractivity contribution in [3.8, 4) is 0 Å². The number of benzene rings is 1. The summed E-state index contributed by atoms with van der Waals surface area (Å²) in [4.78, 5) is 0. The van der Waals surface area contributed by atoms with Crippen molar-refractivity contribution in [2.24, 2.45) is 0 Å². The number of fused-ring (bicyclic) bond motifs is 1. The first-order valence-corrected chi connectivity index (χ1v) is 10.5. The number of allylic oxidation sites excluding steroid dienone is 4. The molecule has 0 aliphatic heterocycles. The van der Waals surface area contributed by atoms with E-state index in [1.54, 1.807) is 0 Å². The van der Waals surface area contributed by atoms with Crippen molar-refractivity contribution in [1.82, 2.24) is 0 Å². The Bertz CT molecular complexity index is 644. The first-order chi connectivity index (χ1) is 10.6. The molecule has 0 fully saturated rings. The smallest absolute Gasteiger partial charge is 1.00 e. The van der Waals surface area contributed by atoms with Gasteiger partial charge in [0.25, 0.3) is 0 Å². The number of hydrogen-bond acceptors (Lipinski definition) is 1. The summed E-state index contributed by atoms with van der Waals surface area (Å²) in [6.45, 7) is 7.02. The van der Waals surface area contributed by atoms with Gasteiger partial charge in [-0.25, -0.2) is 10.8 Å². The van der Waals surface area contributed by atoms with Gasteiger partial charge in [0.1, 0.15) is 0 Å². The summed E-state index contributed by atoms with van der Waals surface area (Å²) in [7, 11) is -0.335. The van der Waals surface area contributed by atoms with Crippen LogP contribution in [0.15, 0.2) is 53.2 Å². The number of aliphatic hydroxyl groups is 1. The van der Waals surface area contributed by atoms with Crippen molar-refractivity contribution in [2.45, 2.75) is 39.3 Å². The van der Waals surface area contributed by atoms with Gasteiger partial charge in [0.05, 0.1) is 0 Å². The molecular formula is C20H25Cl2OSiZr. The Balaban J connectivity index is 0. The number of aliphatic hydroxyl groups excluding tert-OH is 1. The fourth-order valence-electron chi connectivity index (χ4n) is 2.79. The molecule has 0 saturated heterocycles. The van der Waals surface area contributed by atoms with Gasteiger partial charge in [-0.15, -0.1) is 47.0 Å². The van der Waals surface area contributed by atoms with Crippen molar-refractivity contribution in [3.05, 3.63) is 64.9 Å². The second-order valence-corrected chi connectivity index (χ2v) is 8.47. The van der Waals surface area contributed by atoms with Gasteiger partial charge in [-0.2, -0.15) is 12.1 Å². The van der Waals surface area contributed by atoms with E-state index in [-0.39, 0.29) is 59.8 Å². The van der Waals surface area contributed by atoms with Gasteiger partial charge < -0.3 is 29.9 Å². The molecule has 0 saturated carbocycles. The molecule has 2 aromatic rings. The van der Waals surface area contributed by atoms with E-state index in [0.717, 1.165) is 19.3 Å². The molecule has 1 aliphatic rings. The Hall–Kier alpha value is -0.0500. The monoisotopic (exact) mass is 469 g/mol. The van der Waals surface area contributed by atoms with Crippen LogP contribution in [0.4, 0.5) is 0 Å². The van der Waals surface area contributed by atoms with Crippen molar-refractivity contribution >= 4 is 19.6 Å². The fourth-order valence-corrected chi connectivity index (χ4v) is 4.12. The minimum Gasteiger partial charge on any atom is -1.00 e. The topological polar surface area (TPSA) is 20.2 Å². The van der Waals surface area contributed by atoms with Gasteiger partial charge in [0, 0.05) is 15.4 Å². The van der Waals surface area contributed by atoms with Crippen LogP contribution in [0.1, 0.15) is 24.8 Å². The maximum absolute atomic E-state index is 8.70. The van der Waals surface area contributed by atoms with Crippen LogP contribution in [0.2, 0.25) is 13.1 Å². The zero-order chi connectivity index (χ0) is 15.9. The molecule has 0 heterocycles. The Labute approximate surface area is 185 Å². The Morgan fingerprint density at radius 2 is 1.88 bits per heavy atom. The van der Waals surface area contributed by atoms with Crippen LogP contribution in [0.3, 0.4) is 0 Å². The molecule has 3 rings (SSSR count). The van der Waals surface area contributed by atoms with E-state index >= 15 is 0 Å². The average molecular weight is 472 g/mol. The van der Waals surface area contributed by atoms with Gasteiger partial charge >= 0.3 is 26.2 Å². The molecule has 1 aliphatic carbocycles. The molecule has 0 bridgehead atoms. The number of rotatable bonds is 4. The van der Waals surface area contributed by atoms with Crippen LogP contribution in [-0.4, -0.2) is 20.5 Å². The van der Waals surface area contributed by atoms with E-state index in [1.807, 2.05) is 0 Å². The zero-order valence-corrected chi connectivity index (χ0v) is 20.0. The fraction of sp³-hybridized carbons (Fsp3) is 0.350. The zero-order valence-electron chi connectivity index (χ0n) is 15.1. The summed E-state index contributed by atoms with van der Waals surface area (Å²) in [6.07, 6.45) is 8.58. The molecule has 1 nitrogen and oxygen atoms in total. The first-order valence-electron chi connectivity index (χ1n) is 7.95. The second-order valence-electron chi connectivity index (χ2n) is 5.97. The summed E-state index contributed by atoms with van der Waals surface area (Å²) < 4.78 is 0. The van der Waals surface area contributed by atoms with Gasteiger partial charge in [-0.1, -0.05) is 32.5 Å². The predicted molar refractivity (Wildman–Crippen MR) is 97.5 cm³/mol. The van der Waals surface area contributed by atoms with Crippen LogP contribution in [0.5, 0.6) is 0 Å². The molecule has 5 heteroatoms. The van der Waals surface area contributed by atoms with Gasteiger partial charge in [0.2, 0.25) is 0 Å². The summed E-state index contributed by atoms with van der Waals surface area (Å²) in [6, 6.07) is 12.8. The van der Waals surface area contributed by atoms with E-state index in [0.29, 0.717) is 6.61 Å². The molecule has 25 heavy (non-hydrogen) atoms. The van der Waals surface area contributed by atoms with Crippen LogP contribution in [0, 0.1) is 13.0 Å². The van der Waals surface area contributed by atoms with E-state index < -0.39 is 0 Å². The third kappa shape index (κ3) is 8.45. The van der Waals surface area contributed by atoms with E-state index in [4.69, 9.17) is 5.11 Å². The van der Waals surface area contributed by atoms with Crippen LogP contribution >= 0.6 is 0 Å². The third-order valence-electron chi connectivity index (χ3n) is 3.82. The van der Waals surface area contributed by atoms with Crippen LogP contribution in [0.25, 0.3) is 10.8 Å². The molecule has 1 N–H and O–H groups in total. The van der Waals surface area contributed by atoms with Crippen molar-refractivity contribution in [2.75, 3.05) is 6.61 Å². The Kier molecular flexibility index (Phi) is 15.3. The molecule has 2 aromatic carbocycles. The van der Waals surface area contributed by atoms with Gasteiger partial charge in [-0.3, -0.25) is 6.08 Å². The minimum absolute atomic E-state index is 0. The SMILES string of the molecule is C[Si](C)C1=[C-]CC=C1CCCO.Cc1cc2ccccc2[cH-]1.[Cl-].[Cl-].[Zr+4]. The van der Waals surface area contributed by atoms with Crippen molar-refractivity contribution in [1.29, 1.82) is 0 Å². The van der Waals surface area contributed by atoms with Gasteiger partial charge in [0.15, 0.2) is 0 Å². The largest absolute Gasteiger partial charge is 4.00 e. The number of hydrogen-bond donors (Lipinski definition) is 1. The third-order valence-corrected chi connectivity index (χ3v) is 5.31. The first kappa shape index (κ1) is 27.2. The minimum atomic E-state index is -0.335. The quantitative estimate of drug-likeness (QED) is 0.448. The molecule has 0 amide bonds. The average Bonchev–Trinajstić information content (AvgIpc) is 3.10. The Morgan fingerprint density at radius 3 is 2.48 bits per heavy atom. The standard InChI is InChI=1S/C10H16OSi.C10H9.2ClH.Zr/c1-12(2)10-7-3-5-9(10)6-4-8-11;1-8-6-9-4-2-3-5-10(9)7-8;;;/h5,11H,3-4,6,8H2,1-2H3;2-7H,1H3;2*1H;/q2*-1;;;+4/p-2. The summed E-state index contributed by atoms with van der Waals surface area (Å²) in [5, 5.41) is 12.9. The Morgan fingerprint density at radius 1 is 1.20 bits per heavy atom. The second kappa shape index (κ2) is 14.1. The summed E-state index contributed by atoms with van der Waals surface area (Å²) in [5.74, 6) is 0. The molecular weight excluding hydrogens is 446 g/mol. The molecule has 0 unspecified atom stereocenters. The maximum atomic E-state index is 8.70. The summed E-state index contributed by atoms with van der Waals surface area (Å²) in [5.41, 5.74) is 2.80. The van der Waals surface area contributed by atoms with E-state index in [1.165, 1.54) is 27.1 Å². The number of aryl methyl sites for hydroxylation is 1. The van der Waals surface area contributed by atoms with Crippen LogP contribution < -0.4 is 24.8 Å². The van der Waals surface area contributed by atoms with Crippen molar-refractivity contribution < 1.29 is 56.1 Å². The molecule has 0 aromatic heterocycles. The van der Waals surface area contributed by atoms with Crippen LogP contribution in [-0.2, 0) is 26.2 Å². The molecule has 0 atom stereocenters. The molecule has 0 spiro atoms. The maximum Gasteiger partial charge on any atom is 4.00 e. The molecule has 133 valence electrons. The molecule has 1 radical (unpaired) electrons. The van der Waals surface area contributed by atoms with E-state index in [9.17, 15) is 0 Å². The van der Waals surface area contributed by atoms with E-state index in [2.05, 4.69) is 68.6 Å². The summed E-state index contributed by atoms with van der Waals surface area (Å²) >= 11 is 0.